The highest BCUT2D eigenvalue weighted by atomic mass is 32.2. The van der Waals surface area contributed by atoms with Crippen molar-refractivity contribution in [3.05, 3.63) is 33.9 Å². The first-order chi connectivity index (χ1) is 9.74. The lowest BCUT2D eigenvalue weighted by Gasteiger charge is -2.31. The lowest BCUT2D eigenvalue weighted by molar-refractivity contribution is -0.114. The molecule has 3 N–H and O–H groups in total. The number of allylic oxidation sites excluding steroid dienone is 1. The van der Waals surface area contributed by atoms with Gasteiger partial charge in [0.2, 0.25) is 5.91 Å². The first-order valence-corrected chi connectivity index (χ1v) is 8.46. The molecule has 5 heteroatoms. The quantitative estimate of drug-likeness (QED) is 0.784. The smallest absolute Gasteiger partial charge is 0.248 e. The molecule has 0 saturated heterocycles. The Kier molecular flexibility index (Phi) is 4.54. The van der Waals surface area contributed by atoms with Gasteiger partial charge in [0.25, 0.3) is 0 Å². The fourth-order valence-electron chi connectivity index (χ4n) is 2.88. The fourth-order valence-corrected chi connectivity index (χ4v) is 3.79. The van der Waals surface area contributed by atoms with E-state index >= 15 is 0 Å². The number of thioether (sulfide) groups is 1. The largest absolute Gasteiger partial charge is 0.366 e. The van der Waals surface area contributed by atoms with E-state index in [1.165, 1.54) is 16.2 Å². The Morgan fingerprint density at radius 1 is 1.43 bits per heavy atom. The maximum Gasteiger partial charge on any atom is 0.248 e. The van der Waals surface area contributed by atoms with Gasteiger partial charge in [-0.15, -0.1) is 11.8 Å². The van der Waals surface area contributed by atoms with E-state index in [0.29, 0.717) is 5.57 Å². The van der Waals surface area contributed by atoms with E-state index in [1.807, 2.05) is 6.26 Å². The van der Waals surface area contributed by atoms with Crippen molar-refractivity contribution in [2.75, 3.05) is 19.3 Å². The molecular formula is C16H25N3OS. The van der Waals surface area contributed by atoms with Crippen LogP contribution in [0, 0.1) is 5.41 Å². The standard InChI is InChI=1S/C16H25N3OS/c1-10(15(17)20)11-6-7-13-12(14(11)21-5)8-18-19(13)9-16(2,3)4/h18H,1,6-9H2,2-5H3,(H2,17,20). The van der Waals surface area contributed by atoms with Gasteiger partial charge in [-0.25, -0.2) is 5.43 Å². The molecule has 2 rings (SSSR count). The summed E-state index contributed by atoms with van der Waals surface area (Å²) < 4.78 is 0. The number of carbonyl (C=O) groups excluding carboxylic acids is 1. The van der Waals surface area contributed by atoms with Gasteiger partial charge in [-0.1, -0.05) is 27.4 Å². The van der Waals surface area contributed by atoms with Gasteiger partial charge in [0.1, 0.15) is 0 Å². The molecule has 1 aliphatic heterocycles. The van der Waals surface area contributed by atoms with Gasteiger partial charge in [-0.05, 0) is 30.1 Å². The van der Waals surface area contributed by atoms with Crippen molar-refractivity contribution in [2.24, 2.45) is 11.1 Å². The molecule has 0 bridgehead atoms. The van der Waals surface area contributed by atoms with Crippen molar-refractivity contribution in [3.8, 4) is 0 Å². The summed E-state index contributed by atoms with van der Waals surface area (Å²) in [6, 6.07) is 0. The molecule has 0 saturated carbocycles. The van der Waals surface area contributed by atoms with E-state index in [4.69, 9.17) is 5.73 Å². The molecule has 1 heterocycles. The Bertz CT molecular complexity index is 540. The van der Waals surface area contributed by atoms with E-state index in [-0.39, 0.29) is 5.41 Å². The number of hydrogen-bond acceptors (Lipinski definition) is 4. The van der Waals surface area contributed by atoms with Crippen LogP contribution in [-0.4, -0.2) is 30.3 Å². The summed E-state index contributed by atoms with van der Waals surface area (Å²) in [5.74, 6) is -0.418. The molecule has 0 aromatic rings. The first kappa shape index (κ1) is 16.2. The highest BCUT2D eigenvalue weighted by Crippen LogP contribution is 2.41. The van der Waals surface area contributed by atoms with Crippen molar-refractivity contribution >= 4 is 17.7 Å². The minimum Gasteiger partial charge on any atom is -0.366 e. The van der Waals surface area contributed by atoms with Crippen LogP contribution in [0.5, 0.6) is 0 Å². The monoisotopic (exact) mass is 307 g/mol. The Morgan fingerprint density at radius 2 is 2.10 bits per heavy atom. The van der Waals surface area contributed by atoms with E-state index in [2.05, 4.69) is 37.8 Å². The average Bonchev–Trinajstić information content (AvgIpc) is 2.77. The fraction of sp³-hybridized carbons (Fsp3) is 0.562. The predicted molar refractivity (Wildman–Crippen MR) is 89.3 cm³/mol. The molecular weight excluding hydrogens is 282 g/mol. The second kappa shape index (κ2) is 5.89. The third kappa shape index (κ3) is 3.35. The van der Waals surface area contributed by atoms with Crippen LogP contribution < -0.4 is 11.2 Å². The maximum absolute atomic E-state index is 11.4. The normalized spacial score (nSPS) is 19.1. The van der Waals surface area contributed by atoms with E-state index in [0.717, 1.165) is 31.5 Å². The minimum absolute atomic E-state index is 0.232. The number of carbonyl (C=O) groups is 1. The predicted octanol–water partition coefficient (Wildman–Crippen LogP) is 2.56. The molecule has 21 heavy (non-hydrogen) atoms. The summed E-state index contributed by atoms with van der Waals surface area (Å²) >= 11 is 1.68. The molecule has 1 aliphatic carbocycles. The van der Waals surface area contributed by atoms with Crippen LogP contribution in [0.2, 0.25) is 0 Å². The summed E-state index contributed by atoms with van der Waals surface area (Å²) in [6.45, 7) is 12.4. The van der Waals surface area contributed by atoms with Crippen LogP contribution in [0.4, 0.5) is 0 Å². The number of nitrogens with two attached hydrogens (primary N) is 1. The zero-order chi connectivity index (χ0) is 15.8. The third-order valence-electron chi connectivity index (χ3n) is 3.78. The Hall–Kier alpha value is -1.20. The van der Waals surface area contributed by atoms with E-state index in [1.54, 1.807) is 11.8 Å². The molecule has 2 aliphatic rings. The van der Waals surface area contributed by atoms with Crippen molar-refractivity contribution in [1.82, 2.24) is 10.4 Å². The van der Waals surface area contributed by atoms with E-state index < -0.39 is 5.91 Å². The second-order valence-corrected chi connectivity index (χ2v) is 7.58. The highest BCUT2D eigenvalue weighted by Gasteiger charge is 2.32. The number of hydrogen-bond donors (Lipinski definition) is 2. The minimum atomic E-state index is -0.418. The number of nitrogens with one attached hydrogen (secondary N) is 1. The molecule has 0 radical (unpaired) electrons. The number of primary amides is 1. The van der Waals surface area contributed by atoms with Gasteiger partial charge in [0, 0.05) is 34.8 Å². The van der Waals surface area contributed by atoms with Crippen LogP contribution in [0.25, 0.3) is 0 Å². The zero-order valence-electron chi connectivity index (χ0n) is 13.4. The molecule has 0 spiro atoms. The SMILES string of the molecule is C=C(C(N)=O)C1=C(SC)C2=C(CC1)N(CC(C)(C)C)NC2. The summed E-state index contributed by atoms with van der Waals surface area (Å²) in [5.41, 5.74) is 13.3. The number of rotatable bonds is 4. The van der Waals surface area contributed by atoms with Crippen LogP contribution in [0.3, 0.4) is 0 Å². The second-order valence-electron chi connectivity index (χ2n) is 6.76. The van der Waals surface area contributed by atoms with Gasteiger partial charge in [-0.3, -0.25) is 4.79 Å². The maximum atomic E-state index is 11.4. The zero-order valence-corrected chi connectivity index (χ0v) is 14.2. The summed E-state index contributed by atoms with van der Waals surface area (Å²) in [7, 11) is 0. The summed E-state index contributed by atoms with van der Waals surface area (Å²) in [4.78, 5) is 12.6. The molecule has 0 atom stereocenters. The number of nitrogens with zero attached hydrogens (tertiary/aromatic N) is 1. The molecule has 116 valence electrons. The lowest BCUT2D eigenvalue weighted by Crippen LogP contribution is -2.38. The molecule has 0 aromatic heterocycles. The lowest BCUT2D eigenvalue weighted by atomic mass is 9.91. The first-order valence-electron chi connectivity index (χ1n) is 7.24. The number of hydrazine groups is 1. The Morgan fingerprint density at radius 3 is 2.62 bits per heavy atom. The van der Waals surface area contributed by atoms with Crippen LogP contribution in [-0.2, 0) is 4.79 Å². The van der Waals surface area contributed by atoms with Crippen LogP contribution >= 0.6 is 11.8 Å². The van der Waals surface area contributed by atoms with Crippen molar-refractivity contribution in [3.63, 3.8) is 0 Å². The number of amides is 1. The van der Waals surface area contributed by atoms with Crippen LogP contribution in [0.15, 0.2) is 33.9 Å². The van der Waals surface area contributed by atoms with Gasteiger partial charge in [-0.2, -0.15) is 0 Å². The molecule has 0 fully saturated rings. The van der Waals surface area contributed by atoms with E-state index in [9.17, 15) is 4.79 Å². The molecule has 0 unspecified atom stereocenters. The van der Waals surface area contributed by atoms with Gasteiger partial charge >= 0.3 is 0 Å². The van der Waals surface area contributed by atoms with Gasteiger partial charge in [0.15, 0.2) is 0 Å². The van der Waals surface area contributed by atoms with Gasteiger partial charge < -0.3 is 10.7 Å². The molecule has 1 amide bonds. The highest BCUT2D eigenvalue weighted by molar-refractivity contribution is 8.02. The third-order valence-corrected chi connectivity index (χ3v) is 4.68. The van der Waals surface area contributed by atoms with Crippen molar-refractivity contribution < 1.29 is 4.79 Å². The summed E-state index contributed by atoms with van der Waals surface area (Å²) in [5, 5.41) is 2.27. The molecule has 4 nitrogen and oxygen atoms in total. The Labute approximate surface area is 131 Å². The Balaban J connectivity index is 2.35. The average molecular weight is 307 g/mol. The van der Waals surface area contributed by atoms with Gasteiger partial charge in [0.05, 0.1) is 0 Å². The summed E-state index contributed by atoms with van der Waals surface area (Å²) in [6.07, 6.45) is 3.81. The molecule has 0 aromatic carbocycles. The van der Waals surface area contributed by atoms with Crippen LogP contribution in [0.1, 0.15) is 33.6 Å². The van der Waals surface area contributed by atoms with Crippen molar-refractivity contribution in [1.29, 1.82) is 0 Å². The topological polar surface area (TPSA) is 58.4 Å². The van der Waals surface area contributed by atoms with Crippen molar-refractivity contribution in [2.45, 2.75) is 33.6 Å².